The van der Waals surface area contributed by atoms with Gasteiger partial charge in [0.15, 0.2) is 0 Å². The Labute approximate surface area is 123 Å². The first-order valence-electron chi connectivity index (χ1n) is 6.82. The highest BCUT2D eigenvalue weighted by Gasteiger charge is 2.62. The molecule has 0 aromatic heterocycles. The minimum Gasteiger partial charge on any atom is -0.467 e. The summed E-state index contributed by atoms with van der Waals surface area (Å²) >= 11 is 0. The van der Waals surface area contributed by atoms with Gasteiger partial charge in [-0.25, -0.2) is 4.79 Å². The predicted octanol–water partition coefficient (Wildman–Crippen LogP) is 3.38. The molecule has 106 valence electrons. The van der Waals surface area contributed by atoms with Gasteiger partial charge >= 0.3 is 5.97 Å². The third kappa shape index (κ3) is 2.60. The van der Waals surface area contributed by atoms with Gasteiger partial charge in [-0.2, -0.15) is 0 Å². The van der Waals surface area contributed by atoms with Crippen molar-refractivity contribution in [2.24, 2.45) is 0 Å². The molecule has 1 fully saturated rings. The van der Waals surface area contributed by atoms with E-state index in [1.54, 1.807) is 6.08 Å². The highest BCUT2D eigenvalue weighted by atomic mass is 16.7. The summed E-state index contributed by atoms with van der Waals surface area (Å²) in [5.41, 5.74) is 0.982. The summed E-state index contributed by atoms with van der Waals surface area (Å²) in [5.74, 6) is -0.372. The Morgan fingerprint density at radius 1 is 1.10 bits per heavy atom. The van der Waals surface area contributed by atoms with Crippen LogP contribution in [0.3, 0.4) is 0 Å². The lowest BCUT2D eigenvalue weighted by Gasteiger charge is -2.05. The molecule has 0 spiro atoms. The van der Waals surface area contributed by atoms with Crippen LogP contribution >= 0.6 is 0 Å². The molecule has 1 aliphatic heterocycles. The van der Waals surface area contributed by atoms with E-state index in [-0.39, 0.29) is 12.1 Å². The molecule has 21 heavy (non-hydrogen) atoms. The molecule has 2 aromatic carbocycles. The van der Waals surface area contributed by atoms with Gasteiger partial charge in [0.1, 0.15) is 6.10 Å². The van der Waals surface area contributed by atoms with Crippen molar-refractivity contribution in [2.75, 3.05) is 7.11 Å². The quantitative estimate of drug-likeness (QED) is 0.636. The molecule has 2 unspecified atom stereocenters. The molecule has 0 amide bonds. The number of benzene rings is 2. The third-order valence-electron chi connectivity index (χ3n) is 3.57. The first-order chi connectivity index (χ1) is 10.3. The van der Waals surface area contributed by atoms with Gasteiger partial charge in [0.25, 0.3) is 0 Å². The molecule has 0 N–H and O–H groups in total. The Hall–Kier alpha value is -2.39. The largest absolute Gasteiger partial charge is 0.467 e. The molecule has 1 aliphatic rings. The first kappa shape index (κ1) is 13.6. The van der Waals surface area contributed by atoms with Crippen LogP contribution in [0.1, 0.15) is 17.2 Å². The summed E-state index contributed by atoms with van der Waals surface area (Å²) in [4.78, 5) is 12.1. The summed E-state index contributed by atoms with van der Waals surface area (Å²) in [5, 5.41) is 0. The number of esters is 1. The van der Waals surface area contributed by atoms with Gasteiger partial charge in [0.05, 0.1) is 7.11 Å². The van der Waals surface area contributed by atoms with E-state index in [4.69, 9.17) is 9.47 Å². The van der Waals surface area contributed by atoms with Crippen LogP contribution in [0.25, 0.3) is 6.08 Å². The van der Waals surface area contributed by atoms with E-state index in [0.29, 0.717) is 0 Å². The number of carbonyl (C=O) groups is 1. The molecule has 0 radical (unpaired) electrons. The van der Waals surface area contributed by atoms with Crippen LogP contribution in [0.15, 0.2) is 66.7 Å². The molecule has 1 heterocycles. The zero-order valence-electron chi connectivity index (χ0n) is 11.7. The number of hydrogen-bond acceptors (Lipinski definition) is 3. The number of ether oxygens (including phenoxy) is 2. The number of carbonyl (C=O) groups excluding carboxylic acids is 1. The van der Waals surface area contributed by atoms with Crippen LogP contribution in [-0.2, 0) is 14.3 Å². The van der Waals surface area contributed by atoms with Gasteiger partial charge < -0.3 is 9.47 Å². The topological polar surface area (TPSA) is 38.8 Å². The van der Waals surface area contributed by atoms with Crippen molar-refractivity contribution < 1.29 is 14.3 Å². The smallest absolute Gasteiger partial charge is 0.345 e. The van der Waals surface area contributed by atoms with Crippen molar-refractivity contribution in [1.82, 2.24) is 0 Å². The number of rotatable bonds is 4. The van der Waals surface area contributed by atoms with Crippen molar-refractivity contribution in [3.8, 4) is 0 Å². The molecule has 1 saturated heterocycles. The van der Waals surface area contributed by atoms with E-state index in [0.717, 1.165) is 11.1 Å². The van der Waals surface area contributed by atoms with E-state index in [1.807, 2.05) is 66.7 Å². The van der Waals surface area contributed by atoms with Gasteiger partial charge in [-0.3, -0.25) is 0 Å². The monoisotopic (exact) mass is 280 g/mol. The van der Waals surface area contributed by atoms with Crippen molar-refractivity contribution in [3.05, 3.63) is 77.9 Å². The molecule has 2 aromatic rings. The minimum atomic E-state index is -1.01. The average molecular weight is 280 g/mol. The predicted molar refractivity (Wildman–Crippen MR) is 80.5 cm³/mol. The summed E-state index contributed by atoms with van der Waals surface area (Å²) < 4.78 is 10.6. The molecular weight excluding hydrogens is 264 g/mol. The third-order valence-corrected chi connectivity index (χ3v) is 3.57. The molecule has 2 atom stereocenters. The van der Waals surface area contributed by atoms with Crippen LogP contribution < -0.4 is 0 Å². The van der Waals surface area contributed by atoms with E-state index < -0.39 is 5.60 Å². The first-order valence-corrected chi connectivity index (χ1v) is 6.82. The van der Waals surface area contributed by atoms with Crippen LogP contribution in [0.4, 0.5) is 0 Å². The summed E-state index contributed by atoms with van der Waals surface area (Å²) in [7, 11) is 1.38. The zero-order valence-corrected chi connectivity index (χ0v) is 11.7. The molecular formula is C18H16O3. The molecule has 0 bridgehead atoms. The fourth-order valence-corrected chi connectivity index (χ4v) is 2.40. The Balaban J connectivity index is 1.87. The number of hydrogen-bond donors (Lipinski definition) is 0. The molecule has 0 saturated carbocycles. The zero-order chi connectivity index (χ0) is 14.7. The summed E-state index contributed by atoms with van der Waals surface area (Å²) in [6.45, 7) is 0. The molecule has 3 rings (SSSR count). The van der Waals surface area contributed by atoms with Gasteiger partial charge in [0, 0.05) is 0 Å². The second kappa shape index (κ2) is 5.54. The van der Waals surface area contributed by atoms with Crippen molar-refractivity contribution in [3.63, 3.8) is 0 Å². The van der Waals surface area contributed by atoms with Gasteiger partial charge in [-0.15, -0.1) is 0 Å². The SMILES string of the molecule is COC(=O)C1(/C=C/c2ccccc2)OC1c1ccccc1. The maximum absolute atomic E-state index is 12.1. The standard InChI is InChI=1S/C18H16O3/c1-20-17(19)18(13-12-14-8-4-2-5-9-14)16(21-18)15-10-6-3-7-11-15/h2-13,16H,1H3/b13-12+. The summed E-state index contributed by atoms with van der Waals surface area (Å²) in [6, 6.07) is 19.5. The normalized spacial score (nSPS) is 24.0. The van der Waals surface area contributed by atoms with Crippen molar-refractivity contribution in [1.29, 1.82) is 0 Å². The van der Waals surface area contributed by atoms with E-state index in [1.165, 1.54) is 7.11 Å². The van der Waals surface area contributed by atoms with Crippen molar-refractivity contribution in [2.45, 2.75) is 11.7 Å². The summed E-state index contributed by atoms with van der Waals surface area (Å²) in [6.07, 6.45) is 3.39. The van der Waals surface area contributed by atoms with Gasteiger partial charge in [0.2, 0.25) is 5.60 Å². The molecule has 3 nitrogen and oxygen atoms in total. The Bertz CT molecular complexity index is 649. The Morgan fingerprint density at radius 2 is 1.71 bits per heavy atom. The Morgan fingerprint density at radius 3 is 2.33 bits per heavy atom. The Kier molecular flexibility index (Phi) is 3.59. The average Bonchev–Trinajstić information content (AvgIpc) is 3.30. The number of methoxy groups -OCH3 is 1. The maximum Gasteiger partial charge on any atom is 0.345 e. The lowest BCUT2D eigenvalue weighted by molar-refractivity contribution is -0.144. The van der Waals surface area contributed by atoms with Crippen LogP contribution in [0.2, 0.25) is 0 Å². The van der Waals surface area contributed by atoms with E-state index in [2.05, 4.69) is 0 Å². The highest BCUT2D eigenvalue weighted by molar-refractivity contribution is 5.87. The second-order valence-electron chi connectivity index (χ2n) is 4.94. The van der Waals surface area contributed by atoms with E-state index in [9.17, 15) is 4.79 Å². The fraction of sp³-hybridized carbons (Fsp3) is 0.167. The molecule has 0 aliphatic carbocycles. The number of epoxide rings is 1. The minimum absolute atomic E-state index is 0.286. The maximum atomic E-state index is 12.1. The fourth-order valence-electron chi connectivity index (χ4n) is 2.40. The van der Waals surface area contributed by atoms with Gasteiger partial charge in [-0.1, -0.05) is 66.7 Å². The molecule has 3 heteroatoms. The second-order valence-corrected chi connectivity index (χ2v) is 4.94. The lowest BCUT2D eigenvalue weighted by atomic mass is 9.98. The van der Waals surface area contributed by atoms with Crippen molar-refractivity contribution >= 4 is 12.0 Å². The van der Waals surface area contributed by atoms with Crippen LogP contribution in [-0.4, -0.2) is 18.7 Å². The van der Waals surface area contributed by atoms with Crippen LogP contribution in [0.5, 0.6) is 0 Å². The van der Waals surface area contributed by atoms with Gasteiger partial charge in [-0.05, 0) is 17.2 Å². The highest BCUT2D eigenvalue weighted by Crippen LogP contribution is 2.51. The lowest BCUT2D eigenvalue weighted by Crippen LogP contribution is -2.24. The van der Waals surface area contributed by atoms with Crippen LogP contribution in [0, 0.1) is 0 Å². The van der Waals surface area contributed by atoms with E-state index >= 15 is 0 Å².